The van der Waals surface area contributed by atoms with E-state index in [9.17, 15) is 4.39 Å². The molecule has 3 nitrogen and oxygen atoms in total. The van der Waals surface area contributed by atoms with Gasteiger partial charge in [-0.1, -0.05) is 27.2 Å². The molecule has 0 atom stereocenters. The molecule has 0 aliphatic carbocycles. The fourth-order valence-electron chi connectivity index (χ4n) is 1.43. The summed E-state index contributed by atoms with van der Waals surface area (Å²) in [4.78, 5) is 0. The number of nitrogens with zero attached hydrogens (tertiary/aromatic N) is 3. The SMILES string of the molecule is Cc1ccc(F)c(-n2cc(CCBr)nn2)c1. The Labute approximate surface area is 101 Å². The molecule has 0 radical (unpaired) electrons. The zero-order chi connectivity index (χ0) is 11.5. The van der Waals surface area contributed by atoms with Gasteiger partial charge in [-0.25, -0.2) is 9.07 Å². The first-order valence-electron chi connectivity index (χ1n) is 4.94. The third-order valence-corrected chi connectivity index (χ3v) is 2.64. The van der Waals surface area contributed by atoms with E-state index in [0.717, 1.165) is 23.0 Å². The van der Waals surface area contributed by atoms with Crippen molar-refractivity contribution in [2.24, 2.45) is 0 Å². The van der Waals surface area contributed by atoms with Crippen LogP contribution in [-0.2, 0) is 6.42 Å². The van der Waals surface area contributed by atoms with Crippen LogP contribution in [0.2, 0.25) is 0 Å². The van der Waals surface area contributed by atoms with Crippen molar-refractivity contribution in [2.45, 2.75) is 13.3 Å². The topological polar surface area (TPSA) is 30.7 Å². The van der Waals surface area contributed by atoms with Crippen LogP contribution in [0.4, 0.5) is 4.39 Å². The van der Waals surface area contributed by atoms with Crippen LogP contribution in [-0.4, -0.2) is 20.3 Å². The average Bonchev–Trinajstić information content (AvgIpc) is 2.71. The molecule has 1 aromatic heterocycles. The Hall–Kier alpha value is -1.23. The Balaban J connectivity index is 2.38. The first-order valence-corrected chi connectivity index (χ1v) is 6.06. The van der Waals surface area contributed by atoms with Crippen molar-refractivity contribution < 1.29 is 4.39 Å². The Kier molecular flexibility index (Phi) is 3.33. The lowest BCUT2D eigenvalue weighted by atomic mass is 10.2. The van der Waals surface area contributed by atoms with E-state index in [-0.39, 0.29) is 5.82 Å². The van der Waals surface area contributed by atoms with Crippen LogP contribution in [0.3, 0.4) is 0 Å². The lowest BCUT2D eigenvalue weighted by Gasteiger charge is -2.02. The molecule has 1 heterocycles. The van der Waals surface area contributed by atoms with Crippen LogP contribution in [0.1, 0.15) is 11.3 Å². The Bertz CT molecular complexity index is 496. The fourth-order valence-corrected chi connectivity index (χ4v) is 1.83. The number of benzene rings is 1. The van der Waals surface area contributed by atoms with E-state index in [1.54, 1.807) is 18.3 Å². The normalized spacial score (nSPS) is 10.7. The predicted octanol–water partition coefficient (Wildman–Crippen LogP) is 2.65. The maximum absolute atomic E-state index is 13.6. The van der Waals surface area contributed by atoms with Crippen molar-refractivity contribution in [1.82, 2.24) is 15.0 Å². The number of aromatic nitrogens is 3. The van der Waals surface area contributed by atoms with Gasteiger partial charge in [0, 0.05) is 11.8 Å². The number of halogens is 2. The van der Waals surface area contributed by atoms with Crippen LogP contribution in [0.5, 0.6) is 0 Å². The van der Waals surface area contributed by atoms with Crippen molar-refractivity contribution in [3.63, 3.8) is 0 Å². The highest BCUT2D eigenvalue weighted by molar-refractivity contribution is 9.09. The quantitative estimate of drug-likeness (QED) is 0.811. The van der Waals surface area contributed by atoms with Crippen molar-refractivity contribution in [2.75, 3.05) is 5.33 Å². The maximum Gasteiger partial charge on any atom is 0.148 e. The van der Waals surface area contributed by atoms with Gasteiger partial charge in [-0.15, -0.1) is 5.10 Å². The van der Waals surface area contributed by atoms with Crippen LogP contribution in [0, 0.1) is 12.7 Å². The van der Waals surface area contributed by atoms with Gasteiger partial charge in [0.2, 0.25) is 0 Å². The first-order chi connectivity index (χ1) is 7.70. The van der Waals surface area contributed by atoms with Crippen molar-refractivity contribution in [3.05, 3.63) is 41.5 Å². The summed E-state index contributed by atoms with van der Waals surface area (Å²) in [5.74, 6) is -0.291. The number of aryl methyl sites for hydroxylation is 2. The summed E-state index contributed by atoms with van der Waals surface area (Å²) in [5, 5.41) is 8.70. The summed E-state index contributed by atoms with van der Waals surface area (Å²) in [5.41, 5.74) is 2.28. The average molecular weight is 284 g/mol. The Morgan fingerprint density at radius 3 is 3.00 bits per heavy atom. The molecule has 0 fully saturated rings. The molecule has 0 amide bonds. The van der Waals surface area contributed by atoms with Crippen LogP contribution in [0.25, 0.3) is 5.69 Å². The van der Waals surface area contributed by atoms with Crippen LogP contribution < -0.4 is 0 Å². The molecule has 0 unspecified atom stereocenters. The molecule has 2 rings (SSSR count). The van der Waals surface area contributed by atoms with Gasteiger partial charge in [-0.2, -0.15) is 0 Å². The molecule has 0 saturated heterocycles. The molecule has 2 aromatic rings. The van der Waals surface area contributed by atoms with Crippen LogP contribution >= 0.6 is 15.9 Å². The molecule has 0 spiro atoms. The van der Waals surface area contributed by atoms with E-state index >= 15 is 0 Å². The lowest BCUT2D eigenvalue weighted by molar-refractivity contribution is 0.606. The second-order valence-electron chi connectivity index (χ2n) is 3.55. The van der Waals surface area contributed by atoms with Crippen molar-refractivity contribution >= 4 is 15.9 Å². The second kappa shape index (κ2) is 4.74. The highest BCUT2D eigenvalue weighted by Crippen LogP contribution is 2.14. The van der Waals surface area contributed by atoms with Gasteiger partial charge in [-0.05, 0) is 24.6 Å². The van der Waals surface area contributed by atoms with E-state index in [2.05, 4.69) is 26.2 Å². The zero-order valence-electron chi connectivity index (χ0n) is 8.82. The van der Waals surface area contributed by atoms with Gasteiger partial charge in [-0.3, -0.25) is 0 Å². The summed E-state index contributed by atoms with van der Waals surface area (Å²) in [7, 11) is 0. The largest absolute Gasteiger partial charge is 0.217 e. The number of hydrogen-bond donors (Lipinski definition) is 0. The van der Waals surface area contributed by atoms with Gasteiger partial charge < -0.3 is 0 Å². The standard InChI is InChI=1S/C11H11BrFN3/c1-8-2-3-10(13)11(6-8)16-7-9(4-5-12)14-15-16/h2-3,6-7H,4-5H2,1H3. The summed E-state index contributed by atoms with van der Waals surface area (Å²) < 4.78 is 15.0. The smallest absolute Gasteiger partial charge is 0.148 e. The van der Waals surface area contributed by atoms with E-state index in [4.69, 9.17) is 0 Å². The van der Waals surface area contributed by atoms with E-state index in [0.29, 0.717) is 5.69 Å². The van der Waals surface area contributed by atoms with Gasteiger partial charge in [0.05, 0.1) is 11.9 Å². The summed E-state index contributed by atoms with van der Waals surface area (Å²) in [6.45, 7) is 1.92. The van der Waals surface area contributed by atoms with E-state index in [1.165, 1.54) is 10.7 Å². The monoisotopic (exact) mass is 283 g/mol. The molecule has 16 heavy (non-hydrogen) atoms. The third kappa shape index (κ3) is 2.29. The van der Waals surface area contributed by atoms with Gasteiger partial charge in [0.15, 0.2) is 0 Å². The van der Waals surface area contributed by atoms with Crippen LogP contribution in [0.15, 0.2) is 24.4 Å². The molecule has 0 bridgehead atoms. The van der Waals surface area contributed by atoms with Crippen molar-refractivity contribution in [1.29, 1.82) is 0 Å². The minimum atomic E-state index is -0.291. The van der Waals surface area contributed by atoms with Gasteiger partial charge in [0.1, 0.15) is 11.5 Å². The minimum Gasteiger partial charge on any atom is -0.217 e. The first kappa shape index (κ1) is 11.3. The zero-order valence-corrected chi connectivity index (χ0v) is 10.4. The molecule has 1 aromatic carbocycles. The molecule has 84 valence electrons. The fraction of sp³-hybridized carbons (Fsp3) is 0.273. The van der Waals surface area contributed by atoms with E-state index < -0.39 is 0 Å². The molecule has 0 aliphatic rings. The lowest BCUT2D eigenvalue weighted by Crippen LogP contribution is -1.99. The van der Waals surface area contributed by atoms with E-state index in [1.807, 2.05) is 6.92 Å². The maximum atomic E-state index is 13.6. The van der Waals surface area contributed by atoms with Gasteiger partial charge in [0.25, 0.3) is 0 Å². The minimum absolute atomic E-state index is 0.291. The summed E-state index contributed by atoms with van der Waals surface area (Å²) >= 11 is 3.33. The van der Waals surface area contributed by atoms with Gasteiger partial charge >= 0.3 is 0 Å². The summed E-state index contributed by atoms with van der Waals surface area (Å²) in [6.07, 6.45) is 2.53. The number of hydrogen-bond acceptors (Lipinski definition) is 2. The Morgan fingerprint density at radius 1 is 1.44 bits per heavy atom. The highest BCUT2D eigenvalue weighted by Gasteiger charge is 2.07. The number of rotatable bonds is 3. The summed E-state index contributed by atoms with van der Waals surface area (Å²) in [6, 6.07) is 4.92. The van der Waals surface area contributed by atoms with Crippen molar-refractivity contribution in [3.8, 4) is 5.69 Å². The highest BCUT2D eigenvalue weighted by atomic mass is 79.9. The molecule has 0 saturated carbocycles. The second-order valence-corrected chi connectivity index (χ2v) is 4.34. The molecule has 5 heteroatoms. The third-order valence-electron chi connectivity index (χ3n) is 2.24. The molecular weight excluding hydrogens is 273 g/mol. The molecular formula is C11H11BrFN3. The molecule has 0 aliphatic heterocycles. The molecule has 0 N–H and O–H groups in total. The number of alkyl halides is 1. The predicted molar refractivity (Wildman–Crippen MR) is 63.6 cm³/mol. The Morgan fingerprint density at radius 2 is 2.25 bits per heavy atom.